The zero-order valence-corrected chi connectivity index (χ0v) is 66.9. The molecule has 2 aliphatic carbocycles. The van der Waals surface area contributed by atoms with Gasteiger partial charge in [0.15, 0.2) is 0 Å². The Labute approximate surface area is 670 Å². The van der Waals surface area contributed by atoms with Crippen molar-refractivity contribution in [1.82, 2.24) is 0 Å². The lowest BCUT2D eigenvalue weighted by Gasteiger charge is -2.21. The van der Waals surface area contributed by atoms with Gasteiger partial charge in [-0.05, 0) is 151 Å². The van der Waals surface area contributed by atoms with Gasteiger partial charge in [-0.25, -0.2) is 0 Å². The first-order chi connectivity index (χ1) is 56.0. The van der Waals surface area contributed by atoms with Gasteiger partial charge in [-0.3, -0.25) is 0 Å². The molecule has 0 fully saturated rings. The van der Waals surface area contributed by atoms with Crippen LogP contribution in [-0.4, -0.2) is 71.1 Å². The maximum absolute atomic E-state index is 7.35. The molecule has 114 heavy (non-hydrogen) atoms. The summed E-state index contributed by atoms with van der Waals surface area (Å²) in [5.41, 5.74) is 27.0. The van der Waals surface area contributed by atoms with Crippen molar-refractivity contribution in [3.63, 3.8) is 0 Å². The van der Waals surface area contributed by atoms with Crippen molar-refractivity contribution in [3.05, 3.63) is 387 Å². The summed E-state index contributed by atoms with van der Waals surface area (Å²) in [6.45, 7) is 0.549. The van der Waals surface area contributed by atoms with Crippen LogP contribution >= 0.6 is 0 Å². The molecule has 24 bridgehead atoms. The molecule has 15 rings (SSSR count). The van der Waals surface area contributed by atoms with Crippen LogP contribution in [0, 0.1) is 0 Å². The van der Waals surface area contributed by atoms with Crippen molar-refractivity contribution in [2.24, 2.45) is 0 Å². The van der Waals surface area contributed by atoms with Gasteiger partial charge in [0, 0.05) is 77.0 Å². The maximum Gasteiger partial charge on any atom is 0.126 e. The summed E-state index contributed by atoms with van der Waals surface area (Å²) in [4.78, 5) is 0. The Balaban J connectivity index is 0.785. The lowest BCUT2D eigenvalue weighted by atomic mass is 9.91. The second-order valence-corrected chi connectivity index (χ2v) is 29.4. The third-order valence-electron chi connectivity index (χ3n) is 22.5. The molecule has 13 aromatic rings. The zero-order valence-electron chi connectivity index (χ0n) is 66.9. The summed E-state index contributed by atoms with van der Waals surface area (Å²) in [6, 6.07) is 85.9. The van der Waals surface area contributed by atoms with Crippen LogP contribution in [0.3, 0.4) is 0 Å². The highest BCUT2D eigenvalue weighted by molar-refractivity contribution is 5.61. The van der Waals surface area contributed by atoms with Crippen LogP contribution in [0.5, 0.6) is 69.0 Å². The number of para-hydroxylation sites is 12. The third-order valence-corrected chi connectivity index (χ3v) is 22.5. The molecule has 0 saturated carbocycles. The lowest BCUT2D eigenvalue weighted by molar-refractivity contribution is 0.294. The fourth-order valence-electron chi connectivity index (χ4n) is 17.6. The van der Waals surface area contributed by atoms with E-state index >= 15 is 0 Å². The first-order valence-corrected chi connectivity index (χ1v) is 39.1. The van der Waals surface area contributed by atoms with E-state index in [1.807, 2.05) is 0 Å². The summed E-state index contributed by atoms with van der Waals surface area (Å²) < 4.78 is 78.6. The van der Waals surface area contributed by atoms with Crippen molar-refractivity contribution in [3.8, 4) is 69.0 Å². The van der Waals surface area contributed by atoms with E-state index in [4.69, 9.17) is 56.8 Å². The van der Waals surface area contributed by atoms with Crippen LogP contribution < -0.4 is 56.8 Å². The van der Waals surface area contributed by atoms with Crippen LogP contribution in [0.1, 0.15) is 145 Å². The van der Waals surface area contributed by atoms with E-state index in [2.05, 4.69) is 243 Å². The Hall–Kier alpha value is -12.5. The van der Waals surface area contributed by atoms with Gasteiger partial charge >= 0.3 is 0 Å². The minimum Gasteiger partial charge on any atom is -0.496 e. The third kappa shape index (κ3) is 16.3. The van der Waals surface area contributed by atoms with Crippen molar-refractivity contribution in [2.45, 2.75) is 90.3 Å². The van der Waals surface area contributed by atoms with E-state index in [-0.39, 0.29) is 13.2 Å². The predicted molar refractivity (Wildman–Crippen MR) is 452 cm³/mol. The van der Waals surface area contributed by atoms with E-state index in [0.29, 0.717) is 77.0 Å². The van der Waals surface area contributed by atoms with Gasteiger partial charge in [-0.1, -0.05) is 237 Å². The second-order valence-electron chi connectivity index (χ2n) is 29.4. The summed E-state index contributed by atoms with van der Waals surface area (Å²) in [7, 11) is 17.6. The Morgan fingerprint density at radius 2 is 0.254 bits per heavy atom. The Bertz CT molecular complexity index is 5000. The van der Waals surface area contributed by atoms with E-state index in [9.17, 15) is 0 Å². The molecule has 0 heterocycles. The van der Waals surface area contributed by atoms with Crippen LogP contribution in [0.25, 0.3) is 0 Å². The Morgan fingerprint density at radius 3 is 0.368 bits per heavy atom. The minimum absolute atomic E-state index is 0.274. The highest BCUT2D eigenvalue weighted by Crippen LogP contribution is 2.44. The number of hydrogen-bond acceptors (Lipinski definition) is 12. The van der Waals surface area contributed by atoms with Crippen molar-refractivity contribution in [2.75, 3.05) is 71.1 Å². The molecular weight excluding hydrogens is 1420 g/mol. The quantitative estimate of drug-likeness (QED) is 0.0918. The van der Waals surface area contributed by atoms with Gasteiger partial charge in [0.2, 0.25) is 0 Å². The highest BCUT2D eigenvalue weighted by atomic mass is 16.5. The van der Waals surface area contributed by atoms with Crippen LogP contribution in [0.15, 0.2) is 243 Å². The van der Waals surface area contributed by atoms with Gasteiger partial charge in [0.05, 0.1) is 71.1 Å². The van der Waals surface area contributed by atoms with Gasteiger partial charge in [0.25, 0.3) is 0 Å². The Kier molecular flexibility index (Phi) is 23.9. The van der Waals surface area contributed by atoms with Crippen LogP contribution in [0.4, 0.5) is 0 Å². The standard InChI is InChI=1S/C102H98O12/c1-103-91-67-26-12-27-68(91)52-72-31-15-35-76(94(72)106-4)56-80-39-19-43-84(98(80)110-8)60-88-47-22-46-87(59-83-42-18-38-79(97(83)109-7)55-75-34-14-30-71(51-67)93(75)105-3)101(88)113-63-65-24-11-25-66(50-65)64-114-102-89-48-23-49-90(102)62-86-45-21-41-82(100(86)112-10)58-78-37-17-33-74(96(78)108-6)54-70-29-13-28-69(92(70)104-2)53-73-32-16-36-77(95(73)107-5)57-81-40-20-44-85(61-89)99(81)111-9/h11-50H,51-64H2,1-10H3. The molecule has 2 aliphatic rings. The molecule has 12 nitrogen and oxygen atoms in total. The molecule has 0 spiro atoms. The topological polar surface area (TPSA) is 111 Å². The molecule has 0 saturated heterocycles. The summed E-state index contributed by atoms with van der Waals surface area (Å²) >= 11 is 0. The average molecular weight is 1520 g/mol. The smallest absolute Gasteiger partial charge is 0.126 e. The van der Waals surface area contributed by atoms with Crippen LogP contribution in [0.2, 0.25) is 0 Å². The second kappa shape index (κ2) is 35.4. The van der Waals surface area contributed by atoms with E-state index < -0.39 is 0 Å². The zero-order chi connectivity index (χ0) is 78.6. The van der Waals surface area contributed by atoms with Crippen LogP contribution in [-0.2, 0) is 90.3 Å². The van der Waals surface area contributed by atoms with Crippen molar-refractivity contribution in [1.29, 1.82) is 0 Å². The molecule has 0 unspecified atom stereocenters. The van der Waals surface area contributed by atoms with Crippen molar-refractivity contribution < 1.29 is 56.8 Å². The molecular formula is C102H98O12. The number of ether oxygens (including phenoxy) is 12. The first kappa shape index (κ1) is 76.8. The number of fused-ring (bicyclic) bond motifs is 24. The van der Waals surface area contributed by atoms with Crippen molar-refractivity contribution >= 4 is 0 Å². The molecule has 0 N–H and O–H groups in total. The fourth-order valence-corrected chi connectivity index (χ4v) is 17.6. The maximum atomic E-state index is 7.35. The van der Waals surface area contributed by atoms with Gasteiger partial charge in [0.1, 0.15) is 82.2 Å². The molecule has 0 amide bonds. The summed E-state index contributed by atoms with van der Waals surface area (Å²) in [5.74, 6) is 9.88. The lowest BCUT2D eigenvalue weighted by Crippen LogP contribution is -2.08. The van der Waals surface area contributed by atoms with E-state index in [0.717, 1.165) is 214 Å². The highest BCUT2D eigenvalue weighted by Gasteiger charge is 2.27. The van der Waals surface area contributed by atoms with E-state index in [1.165, 1.54) is 0 Å². The largest absolute Gasteiger partial charge is 0.496 e. The minimum atomic E-state index is 0.274. The SMILES string of the molecule is COc1c2cccc1Cc1cccc(c1OC)Cc1cccc(c1OC)Cc1cccc(c1OCc1cccc(COc3c4cccc3Cc3cccc(c3OC)Cc3cccc(c3OC)Cc3cccc(c3OC)Cc3cccc(c3OC)Cc3cccc(c3OC)C4)c1)Cc1cccc(c1OC)Cc1cccc(c1OC)C2. The molecule has 13 aromatic carbocycles. The molecule has 0 radical (unpaired) electrons. The van der Waals surface area contributed by atoms with Gasteiger partial charge < -0.3 is 56.8 Å². The predicted octanol–water partition coefficient (Wildman–Crippen LogP) is 20.6. The number of hydrogen-bond donors (Lipinski definition) is 0. The molecule has 0 aromatic heterocycles. The Morgan fingerprint density at radius 1 is 0.149 bits per heavy atom. The summed E-state index contributed by atoms with van der Waals surface area (Å²) in [6.07, 6.45) is 6.80. The molecule has 578 valence electrons. The number of methoxy groups -OCH3 is 10. The molecule has 0 atom stereocenters. The first-order valence-electron chi connectivity index (χ1n) is 39.1. The number of benzene rings is 13. The fraction of sp³-hybridized carbons (Fsp3) is 0.235. The summed E-state index contributed by atoms with van der Waals surface area (Å²) in [5, 5.41) is 0. The monoisotopic (exact) mass is 1510 g/mol. The average Bonchev–Trinajstić information content (AvgIpc) is 0.795. The molecule has 12 heteroatoms. The van der Waals surface area contributed by atoms with Gasteiger partial charge in [-0.2, -0.15) is 0 Å². The number of rotatable bonds is 16. The van der Waals surface area contributed by atoms with E-state index in [1.54, 1.807) is 71.1 Å². The van der Waals surface area contributed by atoms with Gasteiger partial charge in [-0.15, -0.1) is 0 Å². The normalized spacial score (nSPS) is 12.6. The molecule has 0 aliphatic heterocycles.